The molecular weight excluding hydrogens is 262 g/mol. The molecule has 0 saturated carbocycles. The van der Waals surface area contributed by atoms with Gasteiger partial charge in [0, 0.05) is 25.2 Å². The first-order valence-electron chi connectivity index (χ1n) is 6.38. The van der Waals surface area contributed by atoms with Gasteiger partial charge >= 0.3 is 0 Å². The van der Waals surface area contributed by atoms with Gasteiger partial charge in [-0.05, 0) is 33.8 Å². The quantitative estimate of drug-likeness (QED) is 0.933. The van der Waals surface area contributed by atoms with Crippen LogP contribution >= 0.6 is 11.6 Å². The summed E-state index contributed by atoms with van der Waals surface area (Å²) in [6.45, 7) is 8.67. The van der Waals surface area contributed by atoms with Gasteiger partial charge in [-0.25, -0.2) is 0 Å². The first kappa shape index (κ1) is 14.2. The summed E-state index contributed by atoms with van der Waals surface area (Å²) in [6, 6.07) is 2.28. The molecule has 0 radical (unpaired) electrons. The molecule has 5 heteroatoms. The normalized spacial score (nSPS) is 12.9. The number of hydrogen-bond donors (Lipinski definition) is 1. The van der Waals surface area contributed by atoms with E-state index in [-0.39, 0.29) is 6.04 Å². The zero-order valence-corrected chi connectivity index (χ0v) is 12.8. The monoisotopic (exact) mass is 281 g/mol. The lowest BCUT2D eigenvalue weighted by atomic mass is 10.1. The zero-order chi connectivity index (χ0) is 14.2. The topological polar surface area (TPSA) is 43.0 Å². The third kappa shape index (κ3) is 2.85. The van der Waals surface area contributed by atoms with E-state index in [9.17, 15) is 0 Å². The highest BCUT2D eigenvalue weighted by Crippen LogP contribution is 2.23. The molecule has 0 aliphatic rings. The number of nitrogens with one attached hydrogen (secondary N) is 1. The minimum atomic E-state index is 0.212. The van der Waals surface area contributed by atoms with Crippen molar-refractivity contribution < 1.29 is 4.42 Å². The largest absolute Gasteiger partial charge is 0.466 e. The van der Waals surface area contributed by atoms with Crippen LogP contribution in [-0.2, 0) is 13.6 Å². The van der Waals surface area contributed by atoms with Crippen LogP contribution < -0.4 is 5.32 Å². The molecule has 0 saturated heterocycles. The maximum atomic E-state index is 6.24. The lowest BCUT2D eigenvalue weighted by Gasteiger charge is -2.13. The Morgan fingerprint density at radius 2 is 2.11 bits per heavy atom. The van der Waals surface area contributed by atoms with E-state index in [2.05, 4.69) is 23.4 Å². The smallest absolute Gasteiger partial charge is 0.105 e. The highest BCUT2D eigenvalue weighted by atomic mass is 35.5. The van der Waals surface area contributed by atoms with E-state index in [1.165, 1.54) is 5.56 Å². The van der Waals surface area contributed by atoms with Gasteiger partial charge in [-0.2, -0.15) is 5.10 Å². The van der Waals surface area contributed by atoms with Crippen molar-refractivity contribution >= 4 is 11.6 Å². The second-order valence-electron chi connectivity index (χ2n) is 4.94. The third-order valence-corrected chi connectivity index (χ3v) is 3.87. The van der Waals surface area contributed by atoms with Gasteiger partial charge in [0.15, 0.2) is 0 Å². The molecule has 0 aliphatic heterocycles. The number of aromatic nitrogens is 2. The van der Waals surface area contributed by atoms with Crippen molar-refractivity contribution in [3.63, 3.8) is 0 Å². The average molecular weight is 282 g/mol. The molecule has 1 atom stereocenters. The fourth-order valence-corrected chi connectivity index (χ4v) is 2.54. The number of nitrogens with zero attached hydrogens (tertiary/aromatic N) is 2. The molecule has 4 nitrogen and oxygen atoms in total. The van der Waals surface area contributed by atoms with Crippen molar-refractivity contribution in [1.82, 2.24) is 15.1 Å². The molecule has 0 fully saturated rings. The van der Waals surface area contributed by atoms with Gasteiger partial charge in [0.05, 0.1) is 16.4 Å². The summed E-state index contributed by atoms with van der Waals surface area (Å²) in [5, 5.41) is 8.51. The molecule has 2 aromatic heterocycles. The molecule has 2 rings (SSSR count). The number of aryl methyl sites for hydroxylation is 4. The van der Waals surface area contributed by atoms with Crippen molar-refractivity contribution in [3.05, 3.63) is 39.6 Å². The van der Waals surface area contributed by atoms with E-state index in [4.69, 9.17) is 16.0 Å². The molecule has 0 amide bonds. The van der Waals surface area contributed by atoms with Gasteiger partial charge in [0.25, 0.3) is 0 Å². The van der Waals surface area contributed by atoms with E-state index in [0.717, 1.165) is 27.9 Å². The highest BCUT2D eigenvalue weighted by Gasteiger charge is 2.15. The predicted octanol–water partition coefficient (Wildman–Crippen LogP) is 3.44. The summed E-state index contributed by atoms with van der Waals surface area (Å²) in [5.74, 6) is 1.90. The SMILES string of the molecule is Cc1cc(C(C)NCc2c(Cl)c(C)nn2C)c(C)o1. The van der Waals surface area contributed by atoms with E-state index < -0.39 is 0 Å². The van der Waals surface area contributed by atoms with E-state index in [1.54, 1.807) is 0 Å². The van der Waals surface area contributed by atoms with Crippen LogP contribution in [0.2, 0.25) is 5.02 Å². The van der Waals surface area contributed by atoms with Gasteiger partial charge in [0.1, 0.15) is 11.5 Å². The van der Waals surface area contributed by atoms with Crippen LogP contribution in [0.25, 0.3) is 0 Å². The van der Waals surface area contributed by atoms with Crippen LogP contribution in [0, 0.1) is 20.8 Å². The fourth-order valence-electron chi connectivity index (χ4n) is 2.31. The van der Waals surface area contributed by atoms with Crippen molar-refractivity contribution in [2.75, 3.05) is 0 Å². The van der Waals surface area contributed by atoms with E-state index in [1.807, 2.05) is 32.5 Å². The van der Waals surface area contributed by atoms with Crippen LogP contribution in [0.5, 0.6) is 0 Å². The van der Waals surface area contributed by atoms with Gasteiger partial charge < -0.3 is 9.73 Å². The Labute approximate surface area is 118 Å². The van der Waals surface area contributed by atoms with Crippen LogP contribution in [-0.4, -0.2) is 9.78 Å². The first-order valence-corrected chi connectivity index (χ1v) is 6.76. The van der Waals surface area contributed by atoms with Crippen LogP contribution in [0.15, 0.2) is 10.5 Å². The van der Waals surface area contributed by atoms with Crippen LogP contribution in [0.1, 0.15) is 41.4 Å². The summed E-state index contributed by atoms with van der Waals surface area (Å²) in [7, 11) is 1.91. The fraction of sp³-hybridized carbons (Fsp3) is 0.500. The van der Waals surface area contributed by atoms with Gasteiger partial charge in [-0.3, -0.25) is 4.68 Å². The predicted molar refractivity (Wildman–Crippen MR) is 76.4 cm³/mol. The molecule has 0 bridgehead atoms. The molecule has 104 valence electrons. The number of rotatable bonds is 4. The summed E-state index contributed by atoms with van der Waals surface area (Å²) < 4.78 is 7.38. The third-order valence-electron chi connectivity index (χ3n) is 3.38. The van der Waals surface area contributed by atoms with Gasteiger partial charge in [0.2, 0.25) is 0 Å². The van der Waals surface area contributed by atoms with Crippen molar-refractivity contribution in [3.8, 4) is 0 Å². The molecule has 1 N–H and O–H groups in total. The van der Waals surface area contributed by atoms with Crippen LogP contribution in [0.4, 0.5) is 0 Å². The molecule has 1 unspecified atom stereocenters. The molecule has 19 heavy (non-hydrogen) atoms. The molecule has 2 aromatic rings. The minimum absolute atomic E-state index is 0.212. The van der Waals surface area contributed by atoms with Crippen molar-refractivity contribution in [2.24, 2.45) is 7.05 Å². The molecular formula is C14H20ClN3O. The summed E-state index contributed by atoms with van der Waals surface area (Å²) in [6.07, 6.45) is 0. The molecule has 0 aliphatic carbocycles. The lowest BCUT2D eigenvalue weighted by molar-refractivity contribution is 0.487. The second-order valence-corrected chi connectivity index (χ2v) is 5.32. The Hall–Kier alpha value is -1.26. The maximum absolute atomic E-state index is 6.24. The van der Waals surface area contributed by atoms with E-state index in [0.29, 0.717) is 6.54 Å². The average Bonchev–Trinajstić information content (AvgIpc) is 2.78. The number of furan rings is 1. The second kappa shape index (κ2) is 5.39. The van der Waals surface area contributed by atoms with Crippen LogP contribution in [0.3, 0.4) is 0 Å². The number of hydrogen-bond acceptors (Lipinski definition) is 3. The van der Waals surface area contributed by atoms with Gasteiger partial charge in [-0.1, -0.05) is 11.6 Å². The summed E-state index contributed by atoms with van der Waals surface area (Å²) >= 11 is 6.24. The summed E-state index contributed by atoms with van der Waals surface area (Å²) in [4.78, 5) is 0. The maximum Gasteiger partial charge on any atom is 0.105 e. The summed E-state index contributed by atoms with van der Waals surface area (Å²) in [5.41, 5.74) is 3.06. The Morgan fingerprint density at radius 1 is 1.42 bits per heavy atom. The van der Waals surface area contributed by atoms with Crippen molar-refractivity contribution in [1.29, 1.82) is 0 Å². The number of halogens is 1. The zero-order valence-electron chi connectivity index (χ0n) is 12.0. The molecule has 2 heterocycles. The highest BCUT2D eigenvalue weighted by molar-refractivity contribution is 6.31. The van der Waals surface area contributed by atoms with E-state index >= 15 is 0 Å². The lowest BCUT2D eigenvalue weighted by Crippen LogP contribution is -2.20. The first-order chi connectivity index (χ1) is 8.90. The van der Waals surface area contributed by atoms with Gasteiger partial charge in [-0.15, -0.1) is 0 Å². The molecule has 0 aromatic carbocycles. The Morgan fingerprint density at radius 3 is 2.58 bits per heavy atom. The standard InChI is InChI=1S/C14H20ClN3O/c1-8-6-12(11(4)19-8)9(2)16-7-13-14(15)10(3)17-18(13)5/h6,9,16H,7H2,1-5H3. The Balaban J connectivity index is 2.08. The Kier molecular flexibility index (Phi) is 4.02. The van der Waals surface area contributed by atoms with Crippen molar-refractivity contribution in [2.45, 2.75) is 40.3 Å². The Bertz CT molecular complexity index is 586. The minimum Gasteiger partial charge on any atom is -0.466 e. The molecule has 0 spiro atoms.